The fraction of sp³-hybridized carbons (Fsp3) is 0.500. The third kappa shape index (κ3) is 2.60. The van der Waals surface area contributed by atoms with Crippen LogP contribution in [-0.2, 0) is 14.4 Å². The fourth-order valence-corrected chi connectivity index (χ4v) is 3.77. The van der Waals surface area contributed by atoms with E-state index in [2.05, 4.69) is 5.32 Å². The molecule has 138 valence electrons. The molecule has 1 saturated heterocycles. The van der Waals surface area contributed by atoms with Crippen LogP contribution in [0.15, 0.2) is 12.1 Å². The SMILES string of the molecule is C[C@H]1CCC(c2cc(F)c3c(c2)OC2(CC2)C(=O)N3)N(C(=O)C(=O)O)C1. The molecule has 0 radical (unpaired) electrons. The minimum atomic E-state index is -1.53. The molecule has 26 heavy (non-hydrogen) atoms. The van der Waals surface area contributed by atoms with Crippen LogP contribution in [0.3, 0.4) is 0 Å². The Morgan fingerprint density at radius 2 is 2.08 bits per heavy atom. The van der Waals surface area contributed by atoms with Gasteiger partial charge in [-0.15, -0.1) is 0 Å². The number of hydrogen-bond donors (Lipinski definition) is 2. The molecule has 1 spiro atoms. The topological polar surface area (TPSA) is 95.9 Å². The summed E-state index contributed by atoms with van der Waals surface area (Å²) in [6, 6.07) is 2.32. The molecule has 1 aromatic carbocycles. The summed E-state index contributed by atoms with van der Waals surface area (Å²) in [6.45, 7) is 2.25. The fourth-order valence-electron chi connectivity index (χ4n) is 3.77. The van der Waals surface area contributed by atoms with Crippen molar-refractivity contribution in [2.75, 3.05) is 11.9 Å². The van der Waals surface area contributed by atoms with Gasteiger partial charge in [-0.1, -0.05) is 6.92 Å². The number of carbonyl (C=O) groups is 3. The van der Waals surface area contributed by atoms with E-state index in [1.807, 2.05) is 6.92 Å². The Morgan fingerprint density at radius 3 is 2.73 bits per heavy atom. The number of amides is 2. The average molecular weight is 362 g/mol. The minimum absolute atomic E-state index is 0.00318. The molecule has 4 rings (SSSR count). The van der Waals surface area contributed by atoms with Gasteiger partial charge in [-0.2, -0.15) is 0 Å². The Kier molecular flexibility index (Phi) is 3.68. The molecule has 0 aromatic heterocycles. The van der Waals surface area contributed by atoms with Crippen LogP contribution >= 0.6 is 0 Å². The first-order chi connectivity index (χ1) is 12.3. The molecule has 1 saturated carbocycles. The normalized spacial score (nSPS) is 25.9. The molecule has 2 amide bonds. The maximum Gasteiger partial charge on any atom is 0.394 e. The number of hydrogen-bond acceptors (Lipinski definition) is 4. The Hall–Kier alpha value is -2.64. The van der Waals surface area contributed by atoms with E-state index in [1.165, 1.54) is 11.0 Å². The first-order valence-electron chi connectivity index (χ1n) is 8.68. The van der Waals surface area contributed by atoms with E-state index in [0.29, 0.717) is 31.4 Å². The lowest BCUT2D eigenvalue weighted by Gasteiger charge is -2.38. The van der Waals surface area contributed by atoms with Crippen LogP contribution in [0.4, 0.5) is 10.1 Å². The van der Waals surface area contributed by atoms with Crippen LogP contribution in [-0.4, -0.2) is 39.9 Å². The van der Waals surface area contributed by atoms with Gasteiger partial charge < -0.3 is 20.1 Å². The maximum absolute atomic E-state index is 14.6. The Bertz CT molecular complexity index is 820. The van der Waals surface area contributed by atoms with Gasteiger partial charge in [0.05, 0.1) is 6.04 Å². The highest BCUT2D eigenvalue weighted by Crippen LogP contribution is 2.48. The summed E-state index contributed by atoms with van der Waals surface area (Å²) in [5, 5.41) is 11.7. The highest BCUT2D eigenvalue weighted by molar-refractivity contribution is 6.31. The number of rotatable bonds is 1. The van der Waals surface area contributed by atoms with Crippen LogP contribution in [0.2, 0.25) is 0 Å². The monoisotopic (exact) mass is 362 g/mol. The zero-order valence-electron chi connectivity index (χ0n) is 14.3. The first-order valence-corrected chi connectivity index (χ1v) is 8.68. The number of piperidine rings is 1. The quantitative estimate of drug-likeness (QED) is 0.746. The number of nitrogens with zero attached hydrogens (tertiary/aromatic N) is 1. The van der Waals surface area contributed by atoms with Crippen LogP contribution in [0.25, 0.3) is 0 Å². The van der Waals surface area contributed by atoms with Crippen LogP contribution in [0, 0.1) is 11.7 Å². The summed E-state index contributed by atoms with van der Waals surface area (Å²) in [5.41, 5.74) is -0.429. The summed E-state index contributed by atoms with van der Waals surface area (Å²) in [4.78, 5) is 36.6. The molecule has 3 aliphatic rings. The van der Waals surface area contributed by atoms with E-state index in [-0.39, 0.29) is 23.3 Å². The molecular formula is C18H19FN2O5. The van der Waals surface area contributed by atoms with Crippen molar-refractivity contribution < 1.29 is 28.6 Å². The number of anilines is 1. The summed E-state index contributed by atoms with van der Waals surface area (Å²) in [7, 11) is 0. The summed E-state index contributed by atoms with van der Waals surface area (Å²) in [5.74, 6) is -3.11. The largest absolute Gasteiger partial charge is 0.475 e. The molecule has 1 aliphatic carbocycles. The number of fused-ring (bicyclic) bond motifs is 1. The lowest BCUT2D eigenvalue weighted by molar-refractivity contribution is -0.158. The first kappa shape index (κ1) is 16.8. The van der Waals surface area contributed by atoms with Gasteiger partial charge in [0.15, 0.2) is 11.4 Å². The average Bonchev–Trinajstić information content (AvgIpc) is 3.36. The lowest BCUT2D eigenvalue weighted by atomic mass is 9.89. The number of benzene rings is 1. The molecule has 2 N–H and O–H groups in total. The van der Waals surface area contributed by atoms with Gasteiger partial charge in [-0.05, 0) is 36.5 Å². The van der Waals surface area contributed by atoms with Crippen molar-refractivity contribution in [1.82, 2.24) is 4.90 Å². The number of nitrogens with one attached hydrogen (secondary N) is 1. The maximum atomic E-state index is 14.6. The molecule has 1 unspecified atom stereocenters. The molecule has 2 aliphatic heterocycles. The second-order valence-corrected chi connectivity index (χ2v) is 7.39. The van der Waals surface area contributed by atoms with Gasteiger partial charge in [0.1, 0.15) is 11.4 Å². The van der Waals surface area contributed by atoms with Gasteiger partial charge in [0.2, 0.25) is 0 Å². The Balaban J connectivity index is 1.71. The predicted octanol–water partition coefficient (Wildman–Crippen LogP) is 2.07. The van der Waals surface area contributed by atoms with Gasteiger partial charge in [-0.25, -0.2) is 9.18 Å². The van der Waals surface area contributed by atoms with Crippen molar-refractivity contribution in [2.45, 2.75) is 44.2 Å². The van der Waals surface area contributed by atoms with E-state index in [4.69, 9.17) is 9.84 Å². The van der Waals surface area contributed by atoms with Crippen molar-refractivity contribution in [3.05, 3.63) is 23.5 Å². The number of carboxylic acid groups (broad SMARTS) is 1. The number of carbonyl (C=O) groups excluding carboxylic acids is 2. The second-order valence-electron chi connectivity index (χ2n) is 7.39. The summed E-state index contributed by atoms with van der Waals surface area (Å²) in [6.07, 6.45) is 2.49. The highest BCUT2D eigenvalue weighted by Gasteiger charge is 2.55. The molecular weight excluding hydrogens is 343 g/mol. The lowest BCUT2D eigenvalue weighted by Crippen LogP contribution is -2.45. The number of ether oxygens (including phenoxy) is 1. The van der Waals surface area contributed by atoms with Gasteiger partial charge in [0, 0.05) is 19.4 Å². The minimum Gasteiger partial charge on any atom is -0.475 e. The van der Waals surface area contributed by atoms with E-state index < -0.39 is 29.3 Å². The third-order valence-electron chi connectivity index (χ3n) is 5.38. The van der Waals surface area contributed by atoms with Crippen molar-refractivity contribution in [1.29, 1.82) is 0 Å². The molecule has 0 bridgehead atoms. The van der Waals surface area contributed by atoms with Crippen LogP contribution in [0.1, 0.15) is 44.2 Å². The standard InChI is InChI=1S/C18H19FN2O5/c1-9-2-3-12(21(8-9)15(22)16(23)24)10-6-11(19)14-13(7-10)26-18(4-5-18)17(25)20-14/h6-7,9,12H,2-5,8H2,1H3,(H,20,25)(H,23,24)/t9-,12?/m0/s1. The van der Waals surface area contributed by atoms with Crippen molar-refractivity contribution in [3.63, 3.8) is 0 Å². The Morgan fingerprint density at radius 1 is 1.35 bits per heavy atom. The Labute approximate surface area is 149 Å². The van der Waals surface area contributed by atoms with Crippen molar-refractivity contribution >= 4 is 23.5 Å². The molecule has 8 heteroatoms. The van der Waals surface area contributed by atoms with Crippen molar-refractivity contribution in [2.24, 2.45) is 5.92 Å². The number of halogens is 1. The summed E-state index contributed by atoms with van der Waals surface area (Å²) >= 11 is 0. The zero-order valence-corrected chi connectivity index (χ0v) is 14.3. The second kappa shape index (κ2) is 5.69. The van der Waals surface area contributed by atoms with Gasteiger partial charge in [0.25, 0.3) is 5.91 Å². The van der Waals surface area contributed by atoms with E-state index in [0.717, 1.165) is 6.42 Å². The van der Waals surface area contributed by atoms with E-state index in [1.54, 1.807) is 6.07 Å². The molecule has 2 atom stereocenters. The smallest absolute Gasteiger partial charge is 0.394 e. The molecule has 7 nitrogen and oxygen atoms in total. The summed E-state index contributed by atoms with van der Waals surface area (Å²) < 4.78 is 20.3. The van der Waals surface area contributed by atoms with Gasteiger partial charge in [-0.3, -0.25) is 9.59 Å². The predicted molar refractivity (Wildman–Crippen MR) is 88.1 cm³/mol. The van der Waals surface area contributed by atoms with E-state index >= 15 is 0 Å². The van der Waals surface area contributed by atoms with Gasteiger partial charge >= 0.3 is 11.9 Å². The molecule has 1 aromatic rings. The number of carboxylic acids is 1. The number of likely N-dealkylation sites (tertiary alicyclic amines) is 1. The van der Waals surface area contributed by atoms with Crippen molar-refractivity contribution in [3.8, 4) is 5.75 Å². The van der Waals surface area contributed by atoms with E-state index in [9.17, 15) is 18.8 Å². The van der Waals surface area contributed by atoms with Crippen LogP contribution in [0.5, 0.6) is 5.75 Å². The third-order valence-corrected chi connectivity index (χ3v) is 5.38. The molecule has 2 fully saturated rings. The van der Waals surface area contributed by atoms with Crippen LogP contribution < -0.4 is 10.1 Å². The number of aliphatic carboxylic acids is 1. The highest BCUT2D eigenvalue weighted by atomic mass is 19.1. The molecule has 2 heterocycles. The zero-order chi connectivity index (χ0) is 18.6.